The fourth-order valence-corrected chi connectivity index (χ4v) is 4.79. The number of ether oxygens (including phenoxy) is 3. The Hall–Kier alpha value is -2.00. The average molecular weight is 446 g/mol. The van der Waals surface area contributed by atoms with E-state index in [1.54, 1.807) is 0 Å². The summed E-state index contributed by atoms with van der Waals surface area (Å²) in [6.45, 7) is 8.01. The monoisotopic (exact) mass is 445 g/mol. The van der Waals surface area contributed by atoms with E-state index in [4.69, 9.17) is 14.2 Å². The Morgan fingerprint density at radius 3 is 2.81 bits per heavy atom. The van der Waals surface area contributed by atoms with E-state index in [0.29, 0.717) is 25.1 Å². The van der Waals surface area contributed by atoms with Crippen molar-refractivity contribution in [2.24, 2.45) is 5.92 Å². The summed E-state index contributed by atoms with van der Waals surface area (Å²) in [5.74, 6) is 1.29. The number of carbonyl (C=O) groups excluding carboxylic acids is 1. The summed E-state index contributed by atoms with van der Waals surface area (Å²) >= 11 is 1.53. The third-order valence-electron chi connectivity index (χ3n) is 5.86. The minimum atomic E-state index is 0.00785. The molecule has 168 valence electrons. The van der Waals surface area contributed by atoms with E-state index in [0.717, 1.165) is 62.4 Å². The first-order chi connectivity index (χ1) is 15.2. The second-order valence-corrected chi connectivity index (χ2v) is 9.10. The number of amides is 1. The standard InChI is InChI=1S/C23H31N3O4S/c1-17-2-4-20(5-3-17)30-15-23-25-19(16-31-23)12-22(27)24-13-21(18-6-9-29-14-18)26-7-10-28-11-8-26/h2-5,16,18,21H,6-15H2,1H3,(H,24,27). The van der Waals surface area contributed by atoms with Gasteiger partial charge in [0.15, 0.2) is 0 Å². The van der Waals surface area contributed by atoms with Crippen LogP contribution in [-0.4, -0.2) is 67.9 Å². The van der Waals surface area contributed by atoms with Gasteiger partial charge >= 0.3 is 0 Å². The van der Waals surface area contributed by atoms with Gasteiger partial charge in [-0.1, -0.05) is 17.7 Å². The molecule has 0 radical (unpaired) electrons. The molecule has 4 rings (SSSR count). The molecular weight excluding hydrogens is 414 g/mol. The molecule has 1 aromatic carbocycles. The number of hydrogen-bond donors (Lipinski definition) is 1. The molecule has 3 heterocycles. The second kappa shape index (κ2) is 11.0. The number of aryl methyl sites for hydroxylation is 1. The third-order valence-corrected chi connectivity index (χ3v) is 6.73. The number of rotatable bonds is 9. The molecular formula is C23H31N3O4S. The molecule has 1 aromatic heterocycles. The van der Waals surface area contributed by atoms with Crippen LogP contribution in [0.1, 0.15) is 22.7 Å². The number of hydrogen-bond acceptors (Lipinski definition) is 7. The number of nitrogens with one attached hydrogen (secondary N) is 1. The van der Waals surface area contributed by atoms with Gasteiger partial charge in [-0.2, -0.15) is 0 Å². The van der Waals surface area contributed by atoms with Crippen LogP contribution >= 0.6 is 11.3 Å². The van der Waals surface area contributed by atoms with Crippen molar-refractivity contribution in [3.8, 4) is 5.75 Å². The lowest BCUT2D eigenvalue weighted by Crippen LogP contribution is -2.52. The van der Waals surface area contributed by atoms with Crippen molar-refractivity contribution in [3.05, 3.63) is 45.9 Å². The third kappa shape index (κ3) is 6.49. The highest BCUT2D eigenvalue weighted by Crippen LogP contribution is 2.22. The van der Waals surface area contributed by atoms with E-state index in [1.165, 1.54) is 16.9 Å². The molecule has 7 nitrogen and oxygen atoms in total. The SMILES string of the molecule is Cc1ccc(OCc2nc(CC(=O)NCC(C3CCOC3)N3CCOCC3)cs2)cc1. The summed E-state index contributed by atoms with van der Waals surface area (Å²) < 4.78 is 16.9. The Labute approximate surface area is 187 Å². The molecule has 8 heteroatoms. The summed E-state index contributed by atoms with van der Waals surface area (Å²) in [5, 5.41) is 5.95. The maximum absolute atomic E-state index is 12.6. The minimum Gasteiger partial charge on any atom is -0.486 e. The highest BCUT2D eigenvalue weighted by molar-refractivity contribution is 7.09. The largest absolute Gasteiger partial charge is 0.486 e. The average Bonchev–Trinajstić information content (AvgIpc) is 3.47. The first-order valence-corrected chi connectivity index (χ1v) is 11.8. The number of carbonyl (C=O) groups is 1. The second-order valence-electron chi connectivity index (χ2n) is 8.15. The molecule has 2 saturated heterocycles. The van der Waals surface area contributed by atoms with E-state index < -0.39 is 0 Å². The van der Waals surface area contributed by atoms with Crippen LogP contribution in [0.3, 0.4) is 0 Å². The van der Waals surface area contributed by atoms with Crippen LogP contribution in [-0.2, 0) is 27.3 Å². The Bertz CT molecular complexity index is 830. The lowest BCUT2D eigenvalue weighted by Gasteiger charge is -2.37. The van der Waals surface area contributed by atoms with Gasteiger partial charge in [0.05, 0.1) is 31.9 Å². The van der Waals surface area contributed by atoms with Crippen LogP contribution in [0.2, 0.25) is 0 Å². The van der Waals surface area contributed by atoms with Gasteiger partial charge < -0.3 is 19.5 Å². The van der Waals surface area contributed by atoms with Crippen LogP contribution in [0, 0.1) is 12.8 Å². The Morgan fingerprint density at radius 1 is 1.26 bits per heavy atom. The van der Waals surface area contributed by atoms with Crippen molar-refractivity contribution in [1.29, 1.82) is 0 Å². The van der Waals surface area contributed by atoms with Gasteiger partial charge in [0, 0.05) is 43.6 Å². The molecule has 0 bridgehead atoms. The van der Waals surface area contributed by atoms with Gasteiger partial charge in [-0.15, -0.1) is 11.3 Å². The normalized spacial score (nSPS) is 20.5. The summed E-state index contributed by atoms with van der Waals surface area (Å²) in [5.41, 5.74) is 1.99. The number of aromatic nitrogens is 1. The fourth-order valence-electron chi connectivity index (χ4n) is 4.08. The van der Waals surface area contributed by atoms with Gasteiger partial charge in [0.2, 0.25) is 5.91 Å². The lowest BCUT2D eigenvalue weighted by molar-refractivity contribution is -0.121. The maximum Gasteiger partial charge on any atom is 0.226 e. The number of nitrogens with zero attached hydrogens (tertiary/aromatic N) is 2. The van der Waals surface area contributed by atoms with Crippen LogP contribution in [0.4, 0.5) is 0 Å². The van der Waals surface area contributed by atoms with Crippen LogP contribution in [0.15, 0.2) is 29.6 Å². The van der Waals surface area contributed by atoms with Crippen molar-refractivity contribution in [2.45, 2.75) is 32.4 Å². The Balaban J connectivity index is 1.25. The zero-order valence-corrected chi connectivity index (χ0v) is 18.9. The van der Waals surface area contributed by atoms with Gasteiger partial charge in [0.25, 0.3) is 0 Å². The molecule has 2 aliphatic heterocycles. The quantitative estimate of drug-likeness (QED) is 0.639. The van der Waals surface area contributed by atoms with Crippen molar-refractivity contribution >= 4 is 17.2 Å². The summed E-state index contributed by atoms with van der Waals surface area (Å²) in [6.07, 6.45) is 1.34. The molecule has 0 aliphatic carbocycles. The van der Waals surface area contributed by atoms with Crippen molar-refractivity contribution in [3.63, 3.8) is 0 Å². The van der Waals surface area contributed by atoms with Gasteiger partial charge in [0.1, 0.15) is 17.4 Å². The minimum absolute atomic E-state index is 0.00785. The summed E-state index contributed by atoms with van der Waals surface area (Å²) in [4.78, 5) is 19.6. The maximum atomic E-state index is 12.6. The number of morpholine rings is 1. The van der Waals surface area contributed by atoms with Gasteiger partial charge in [-0.3, -0.25) is 9.69 Å². The van der Waals surface area contributed by atoms with Crippen molar-refractivity contribution in [1.82, 2.24) is 15.2 Å². The van der Waals surface area contributed by atoms with E-state index in [2.05, 4.69) is 15.2 Å². The van der Waals surface area contributed by atoms with Crippen molar-refractivity contribution in [2.75, 3.05) is 46.1 Å². The zero-order chi connectivity index (χ0) is 21.5. The topological polar surface area (TPSA) is 72.9 Å². The Kier molecular flexibility index (Phi) is 7.91. The molecule has 31 heavy (non-hydrogen) atoms. The molecule has 0 saturated carbocycles. The van der Waals surface area contributed by atoms with Gasteiger partial charge in [-0.25, -0.2) is 4.98 Å². The molecule has 2 aliphatic rings. The zero-order valence-electron chi connectivity index (χ0n) is 18.0. The molecule has 2 fully saturated rings. The smallest absolute Gasteiger partial charge is 0.226 e. The Morgan fingerprint density at radius 2 is 2.06 bits per heavy atom. The van der Waals surface area contributed by atoms with Crippen LogP contribution in [0.25, 0.3) is 0 Å². The van der Waals surface area contributed by atoms with Crippen LogP contribution < -0.4 is 10.1 Å². The molecule has 2 aromatic rings. The van der Waals surface area contributed by atoms with E-state index in [-0.39, 0.29) is 12.3 Å². The molecule has 1 N–H and O–H groups in total. The highest BCUT2D eigenvalue weighted by atomic mass is 32.1. The van der Waals surface area contributed by atoms with E-state index in [1.807, 2.05) is 36.6 Å². The predicted octanol–water partition coefficient (Wildman–Crippen LogP) is 2.43. The van der Waals surface area contributed by atoms with E-state index >= 15 is 0 Å². The lowest BCUT2D eigenvalue weighted by atomic mass is 9.97. The van der Waals surface area contributed by atoms with Gasteiger partial charge in [-0.05, 0) is 25.5 Å². The molecule has 0 spiro atoms. The number of benzene rings is 1. The predicted molar refractivity (Wildman–Crippen MR) is 119 cm³/mol. The number of thiazole rings is 1. The summed E-state index contributed by atoms with van der Waals surface area (Å²) in [6, 6.07) is 8.25. The molecule has 2 unspecified atom stereocenters. The molecule has 2 atom stereocenters. The highest BCUT2D eigenvalue weighted by Gasteiger charge is 2.31. The first-order valence-electron chi connectivity index (χ1n) is 11.0. The summed E-state index contributed by atoms with van der Waals surface area (Å²) in [7, 11) is 0. The molecule has 1 amide bonds. The van der Waals surface area contributed by atoms with Crippen LogP contribution in [0.5, 0.6) is 5.75 Å². The first kappa shape index (κ1) is 22.2. The van der Waals surface area contributed by atoms with Crippen molar-refractivity contribution < 1.29 is 19.0 Å². The van der Waals surface area contributed by atoms with E-state index in [9.17, 15) is 4.79 Å². The fraction of sp³-hybridized carbons (Fsp3) is 0.565.